The van der Waals surface area contributed by atoms with Gasteiger partial charge >= 0.3 is 6.18 Å². The maximum atomic E-state index is 14.6. The van der Waals surface area contributed by atoms with Crippen LogP contribution >= 0.6 is 0 Å². The molecule has 3 aromatic heterocycles. The second kappa shape index (κ2) is 11.0. The largest absolute Gasteiger partial charge is 0.393 e. The number of alkyl halides is 4. The first kappa shape index (κ1) is 27.8. The van der Waals surface area contributed by atoms with Gasteiger partial charge in [0.2, 0.25) is 0 Å². The van der Waals surface area contributed by atoms with Crippen molar-refractivity contribution in [1.29, 1.82) is 0 Å². The van der Waals surface area contributed by atoms with Crippen molar-refractivity contribution < 1.29 is 22.4 Å². The van der Waals surface area contributed by atoms with Gasteiger partial charge < -0.3 is 21.3 Å². The number of halogens is 4. The molecule has 1 saturated heterocycles. The minimum Gasteiger partial charge on any atom is -0.383 e. The quantitative estimate of drug-likeness (QED) is 0.302. The van der Waals surface area contributed by atoms with E-state index in [9.17, 15) is 22.4 Å². The van der Waals surface area contributed by atoms with Crippen LogP contribution in [0, 0.1) is 17.8 Å². The number of nitrogens with two attached hydrogens (primary N) is 1. The number of likely N-dealkylation sites (tertiary alicyclic amines) is 1. The molecule has 40 heavy (non-hydrogen) atoms. The maximum absolute atomic E-state index is 14.6. The SMILES string of the molecule is CC(C1CC1)n1ncc(C(=O)NCC#Cc2nn3c(N[C@@H]4CCN(C)C[C@@H]4F)cccc3c2CC(F)(F)F)c1N. The van der Waals surface area contributed by atoms with E-state index >= 15 is 0 Å². The Morgan fingerprint density at radius 2 is 2.05 bits per heavy atom. The fraction of sp³-hybridized carbons (Fsp3) is 0.519. The molecule has 214 valence electrons. The molecule has 3 atom stereocenters. The second-order valence-electron chi connectivity index (χ2n) is 10.6. The van der Waals surface area contributed by atoms with E-state index in [1.807, 2.05) is 18.9 Å². The second-order valence-corrected chi connectivity index (χ2v) is 10.6. The van der Waals surface area contributed by atoms with Crippen LogP contribution in [0.4, 0.5) is 29.2 Å². The van der Waals surface area contributed by atoms with Crippen molar-refractivity contribution in [1.82, 2.24) is 29.6 Å². The fourth-order valence-corrected chi connectivity index (χ4v) is 5.11. The number of hydrogen-bond donors (Lipinski definition) is 3. The monoisotopic (exact) mass is 560 g/mol. The Morgan fingerprint density at radius 1 is 1.27 bits per heavy atom. The highest BCUT2D eigenvalue weighted by Crippen LogP contribution is 2.40. The van der Waals surface area contributed by atoms with Crippen LogP contribution in [-0.4, -0.2) is 75.3 Å². The predicted octanol–water partition coefficient (Wildman–Crippen LogP) is 3.42. The number of rotatable bonds is 7. The number of piperidine rings is 1. The lowest BCUT2D eigenvalue weighted by atomic mass is 10.0. The summed E-state index contributed by atoms with van der Waals surface area (Å²) < 4.78 is 58.1. The van der Waals surface area contributed by atoms with E-state index in [4.69, 9.17) is 5.73 Å². The topological polar surface area (TPSA) is 106 Å². The number of anilines is 2. The van der Waals surface area contributed by atoms with Crippen molar-refractivity contribution >= 4 is 23.1 Å². The lowest BCUT2D eigenvalue weighted by Crippen LogP contribution is -2.46. The zero-order valence-corrected chi connectivity index (χ0v) is 22.3. The number of pyridine rings is 1. The summed E-state index contributed by atoms with van der Waals surface area (Å²) in [5.41, 5.74) is 6.43. The summed E-state index contributed by atoms with van der Waals surface area (Å²) in [7, 11) is 1.84. The van der Waals surface area contributed by atoms with E-state index in [1.54, 1.807) is 16.8 Å². The first-order chi connectivity index (χ1) is 19.0. The third-order valence-electron chi connectivity index (χ3n) is 7.53. The highest BCUT2D eigenvalue weighted by Gasteiger charge is 2.33. The molecule has 2 aliphatic rings. The number of nitrogen functional groups attached to an aromatic ring is 1. The van der Waals surface area contributed by atoms with E-state index < -0.39 is 30.7 Å². The molecule has 1 saturated carbocycles. The maximum Gasteiger partial charge on any atom is 0.393 e. The molecule has 1 unspecified atom stereocenters. The van der Waals surface area contributed by atoms with Crippen molar-refractivity contribution in [3.05, 3.63) is 41.2 Å². The van der Waals surface area contributed by atoms with Crippen molar-refractivity contribution in [2.24, 2.45) is 5.92 Å². The number of nitrogens with zero attached hydrogens (tertiary/aromatic N) is 5. The zero-order valence-electron chi connectivity index (χ0n) is 22.3. The highest BCUT2D eigenvalue weighted by atomic mass is 19.4. The van der Waals surface area contributed by atoms with Crippen LogP contribution in [0.15, 0.2) is 24.4 Å². The van der Waals surface area contributed by atoms with Gasteiger partial charge in [0.1, 0.15) is 29.1 Å². The Hall–Kier alpha value is -3.79. The molecule has 0 spiro atoms. The number of carbonyl (C=O) groups excluding carboxylic acids is 1. The van der Waals surface area contributed by atoms with Gasteiger partial charge in [0.25, 0.3) is 5.91 Å². The smallest absolute Gasteiger partial charge is 0.383 e. The van der Waals surface area contributed by atoms with Crippen LogP contribution < -0.4 is 16.4 Å². The van der Waals surface area contributed by atoms with Crippen LogP contribution in [-0.2, 0) is 6.42 Å². The van der Waals surface area contributed by atoms with Gasteiger partial charge in [-0.2, -0.15) is 23.4 Å². The van der Waals surface area contributed by atoms with Crippen LogP contribution in [0.25, 0.3) is 5.52 Å². The van der Waals surface area contributed by atoms with Crippen LogP contribution in [0.1, 0.15) is 53.8 Å². The van der Waals surface area contributed by atoms with E-state index in [0.717, 1.165) is 12.8 Å². The van der Waals surface area contributed by atoms with Crippen molar-refractivity contribution in [2.45, 2.75) is 57.0 Å². The third kappa shape index (κ3) is 6.01. The number of hydrogen-bond acceptors (Lipinski definition) is 6. The highest BCUT2D eigenvalue weighted by molar-refractivity contribution is 5.98. The number of aromatic nitrogens is 4. The van der Waals surface area contributed by atoms with E-state index in [0.29, 0.717) is 24.7 Å². The predicted molar refractivity (Wildman–Crippen MR) is 143 cm³/mol. The van der Waals surface area contributed by atoms with E-state index in [-0.39, 0.29) is 47.3 Å². The molecule has 9 nitrogen and oxygen atoms in total. The van der Waals surface area contributed by atoms with Gasteiger partial charge in [-0.1, -0.05) is 12.0 Å². The summed E-state index contributed by atoms with van der Waals surface area (Å²) in [4.78, 5) is 14.5. The number of nitrogens with one attached hydrogen (secondary N) is 2. The van der Waals surface area contributed by atoms with Crippen molar-refractivity contribution in [3.63, 3.8) is 0 Å². The standard InChI is InChI=1S/C27H32F4N8O/c1-16(17-8-9-17)38-25(32)19(14-34-38)26(40)33-11-4-5-21-18(13-27(29,30)31)23-6-3-7-24(39(23)36-21)35-22-10-12-37(2)15-20(22)28/h3,6-7,14,16-17,20,22,35H,8-13,15,32H2,1-2H3,(H,33,40)/t16?,20-,22+/m0/s1. The number of carbonyl (C=O) groups is 1. The summed E-state index contributed by atoms with van der Waals surface area (Å²) in [5.74, 6) is 6.05. The minimum atomic E-state index is -4.50. The van der Waals surface area contributed by atoms with E-state index in [1.165, 1.54) is 16.8 Å². The van der Waals surface area contributed by atoms with Gasteiger partial charge in [0.05, 0.1) is 36.8 Å². The number of fused-ring (bicyclic) bond motifs is 1. The molecule has 1 aliphatic heterocycles. The lowest BCUT2D eigenvalue weighted by molar-refractivity contribution is -0.127. The average molecular weight is 561 g/mol. The Kier molecular flexibility index (Phi) is 7.63. The molecule has 1 aliphatic carbocycles. The molecule has 13 heteroatoms. The molecule has 0 aromatic carbocycles. The molecule has 1 amide bonds. The minimum absolute atomic E-state index is 0.0633. The molecule has 2 fully saturated rings. The Bertz CT molecular complexity index is 1450. The summed E-state index contributed by atoms with van der Waals surface area (Å²) in [5, 5.41) is 14.3. The summed E-state index contributed by atoms with van der Waals surface area (Å²) in [6.45, 7) is 2.83. The third-order valence-corrected chi connectivity index (χ3v) is 7.53. The van der Waals surface area contributed by atoms with Crippen LogP contribution in [0.5, 0.6) is 0 Å². The Balaban J connectivity index is 1.34. The molecule has 5 rings (SSSR count). The van der Waals surface area contributed by atoms with Gasteiger partial charge in [-0.25, -0.2) is 13.6 Å². The van der Waals surface area contributed by atoms with Crippen molar-refractivity contribution in [3.8, 4) is 11.8 Å². The normalized spacial score (nSPS) is 20.6. The van der Waals surface area contributed by atoms with Gasteiger partial charge in [-0.3, -0.25) is 4.79 Å². The average Bonchev–Trinajstić information content (AvgIpc) is 3.59. The zero-order chi connectivity index (χ0) is 28.6. The van der Waals surface area contributed by atoms with Crippen LogP contribution in [0.3, 0.4) is 0 Å². The first-order valence-corrected chi connectivity index (χ1v) is 13.3. The molecule has 4 heterocycles. The molecule has 0 radical (unpaired) electrons. The molecular formula is C27H32F4N8O. The molecule has 0 bridgehead atoms. The Labute approximate surface area is 229 Å². The number of amides is 1. The molecule has 3 aromatic rings. The lowest BCUT2D eigenvalue weighted by Gasteiger charge is -2.33. The van der Waals surface area contributed by atoms with Gasteiger partial charge in [0.15, 0.2) is 0 Å². The van der Waals surface area contributed by atoms with Crippen molar-refractivity contribution in [2.75, 3.05) is 37.7 Å². The Morgan fingerprint density at radius 3 is 2.75 bits per heavy atom. The van der Waals surface area contributed by atoms with Crippen LogP contribution in [0.2, 0.25) is 0 Å². The fourth-order valence-electron chi connectivity index (χ4n) is 5.11. The summed E-state index contributed by atoms with van der Waals surface area (Å²) in [6.07, 6.45) is -2.72. The van der Waals surface area contributed by atoms with Gasteiger partial charge in [-0.15, -0.1) is 0 Å². The summed E-state index contributed by atoms with van der Waals surface area (Å²) >= 11 is 0. The molecular weight excluding hydrogens is 528 g/mol. The van der Waals surface area contributed by atoms with Gasteiger partial charge in [0, 0.05) is 18.7 Å². The summed E-state index contributed by atoms with van der Waals surface area (Å²) in [6, 6.07) is 4.38. The van der Waals surface area contributed by atoms with Gasteiger partial charge in [-0.05, 0) is 57.2 Å². The molecule has 4 N–H and O–H groups in total. The first-order valence-electron chi connectivity index (χ1n) is 13.3. The van der Waals surface area contributed by atoms with E-state index in [2.05, 4.69) is 32.7 Å².